The smallest absolute Gasteiger partial charge is 0.259 e. The van der Waals surface area contributed by atoms with E-state index in [0.717, 1.165) is 5.69 Å². The predicted molar refractivity (Wildman–Crippen MR) is 124 cm³/mol. The third kappa shape index (κ3) is 4.19. The van der Waals surface area contributed by atoms with Crippen molar-refractivity contribution in [1.82, 2.24) is 14.5 Å². The lowest BCUT2D eigenvalue weighted by atomic mass is 10.1. The summed E-state index contributed by atoms with van der Waals surface area (Å²) in [6, 6.07) is 14.0. The number of nitrogens with two attached hydrogens (primary N) is 1. The van der Waals surface area contributed by atoms with Crippen molar-refractivity contribution in [2.45, 2.75) is 0 Å². The van der Waals surface area contributed by atoms with Gasteiger partial charge in [-0.1, -0.05) is 29.3 Å². The fourth-order valence-corrected chi connectivity index (χ4v) is 3.71. The maximum Gasteiger partial charge on any atom is 0.259 e. The van der Waals surface area contributed by atoms with Gasteiger partial charge in [0.05, 0.1) is 15.6 Å². The van der Waals surface area contributed by atoms with Crippen LogP contribution in [-0.2, 0) is 7.05 Å². The van der Waals surface area contributed by atoms with E-state index in [2.05, 4.69) is 15.3 Å². The van der Waals surface area contributed by atoms with Crippen LogP contribution in [0.25, 0.3) is 22.2 Å². The van der Waals surface area contributed by atoms with Gasteiger partial charge in [-0.2, -0.15) is 4.98 Å². The molecule has 0 atom stereocenters. The number of benzene rings is 2. The largest absolute Gasteiger partial charge is 0.464 e. The Morgan fingerprint density at radius 1 is 1.13 bits per heavy atom. The molecule has 0 fully saturated rings. The lowest BCUT2D eigenvalue weighted by Gasteiger charge is -2.12. The minimum Gasteiger partial charge on any atom is -0.464 e. The van der Waals surface area contributed by atoms with Gasteiger partial charge in [0, 0.05) is 36.1 Å². The monoisotopic (exact) mass is 453 g/mol. The summed E-state index contributed by atoms with van der Waals surface area (Å²) in [4.78, 5) is 21.9. The zero-order valence-electron chi connectivity index (χ0n) is 16.3. The summed E-state index contributed by atoms with van der Waals surface area (Å²) in [5.41, 5.74) is 7.11. The van der Waals surface area contributed by atoms with Gasteiger partial charge in [0.15, 0.2) is 0 Å². The second-order valence-corrected chi connectivity index (χ2v) is 7.40. The highest BCUT2D eigenvalue weighted by Gasteiger charge is 2.16. The number of fused-ring (bicyclic) bond motifs is 1. The molecule has 0 saturated heterocycles. The van der Waals surface area contributed by atoms with Crippen LogP contribution in [0.5, 0.6) is 5.75 Å². The molecule has 31 heavy (non-hydrogen) atoms. The normalized spacial score (nSPS) is 11.2. The number of nitrogens with zero attached hydrogens (tertiary/aromatic N) is 3. The van der Waals surface area contributed by atoms with Crippen LogP contribution in [0.15, 0.2) is 72.0 Å². The molecule has 2 aromatic heterocycles. The van der Waals surface area contributed by atoms with Crippen molar-refractivity contribution < 1.29 is 4.74 Å². The first kappa shape index (κ1) is 20.7. The summed E-state index contributed by atoms with van der Waals surface area (Å²) in [6.45, 7) is 0. The Hall–Kier alpha value is -3.55. The van der Waals surface area contributed by atoms with Crippen LogP contribution >= 0.6 is 23.2 Å². The standard InChI is InChI=1S/C22H17Cl2N5O2/c1-29-20-13(11-16(21(29)30)19-17(23)3-2-4-18(19)24)12-26-22(28-20)27-14-5-7-15(8-6-14)31-10-9-25/h2-12H,25H2,1H3,(H,26,27,28)/b10-9+. The highest BCUT2D eigenvalue weighted by atomic mass is 35.5. The third-order valence-electron chi connectivity index (χ3n) is 4.57. The maximum atomic E-state index is 13.0. The van der Waals surface area contributed by atoms with E-state index in [0.29, 0.717) is 43.9 Å². The molecule has 0 aliphatic carbocycles. The number of aryl methyl sites for hydroxylation is 1. The molecular formula is C22H17Cl2N5O2. The van der Waals surface area contributed by atoms with Crippen molar-refractivity contribution in [3.05, 3.63) is 87.6 Å². The summed E-state index contributed by atoms with van der Waals surface area (Å²) >= 11 is 12.6. The minimum atomic E-state index is -0.262. The average Bonchev–Trinajstić information content (AvgIpc) is 2.77. The number of halogens is 2. The van der Waals surface area contributed by atoms with Crippen LogP contribution in [0.4, 0.5) is 11.6 Å². The van der Waals surface area contributed by atoms with Gasteiger partial charge in [-0.25, -0.2) is 4.98 Å². The average molecular weight is 454 g/mol. The van der Waals surface area contributed by atoms with E-state index in [1.165, 1.54) is 17.0 Å². The lowest BCUT2D eigenvalue weighted by Crippen LogP contribution is -2.20. The van der Waals surface area contributed by atoms with Crippen molar-refractivity contribution in [2.24, 2.45) is 12.8 Å². The van der Waals surface area contributed by atoms with Gasteiger partial charge in [-0.05, 0) is 42.5 Å². The van der Waals surface area contributed by atoms with Crippen molar-refractivity contribution >= 4 is 45.9 Å². The summed E-state index contributed by atoms with van der Waals surface area (Å²) in [6.07, 6.45) is 4.34. The first-order valence-electron chi connectivity index (χ1n) is 9.19. The fraction of sp³-hybridized carbons (Fsp3) is 0.0455. The van der Waals surface area contributed by atoms with Crippen LogP contribution < -0.4 is 21.3 Å². The highest BCUT2D eigenvalue weighted by molar-refractivity contribution is 6.39. The Bertz CT molecular complexity index is 1330. The number of aromatic nitrogens is 3. The van der Waals surface area contributed by atoms with E-state index in [9.17, 15) is 4.79 Å². The minimum absolute atomic E-state index is 0.262. The third-order valence-corrected chi connectivity index (χ3v) is 5.20. The molecule has 156 valence electrons. The Balaban J connectivity index is 1.70. The molecule has 2 aromatic carbocycles. The molecule has 0 amide bonds. The molecule has 0 aliphatic rings. The Morgan fingerprint density at radius 2 is 1.84 bits per heavy atom. The molecule has 0 unspecified atom stereocenters. The zero-order valence-corrected chi connectivity index (χ0v) is 17.9. The summed E-state index contributed by atoms with van der Waals surface area (Å²) < 4.78 is 6.74. The van der Waals surface area contributed by atoms with E-state index >= 15 is 0 Å². The number of hydrogen-bond acceptors (Lipinski definition) is 6. The first-order chi connectivity index (χ1) is 15.0. The van der Waals surface area contributed by atoms with E-state index < -0.39 is 0 Å². The Kier molecular flexibility index (Phi) is 5.79. The Labute approximate surface area is 187 Å². The molecule has 3 N–H and O–H groups in total. The van der Waals surface area contributed by atoms with Crippen LogP contribution in [0.3, 0.4) is 0 Å². The molecule has 0 spiro atoms. The molecule has 0 bridgehead atoms. The molecule has 2 heterocycles. The molecule has 0 aliphatic heterocycles. The number of ether oxygens (including phenoxy) is 1. The number of rotatable bonds is 5. The second kappa shape index (κ2) is 8.67. The van der Waals surface area contributed by atoms with Gasteiger partial charge in [-0.15, -0.1) is 0 Å². The van der Waals surface area contributed by atoms with Gasteiger partial charge in [0.2, 0.25) is 5.95 Å². The van der Waals surface area contributed by atoms with Gasteiger partial charge in [0.1, 0.15) is 17.7 Å². The van der Waals surface area contributed by atoms with Crippen LogP contribution in [0.1, 0.15) is 0 Å². The van der Waals surface area contributed by atoms with Crippen molar-refractivity contribution in [1.29, 1.82) is 0 Å². The molecule has 0 saturated carbocycles. The summed E-state index contributed by atoms with van der Waals surface area (Å²) in [7, 11) is 1.65. The SMILES string of the molecule is Cn1c(=O)c(-c2c(Cl)cccc2Cl)cc2cnc(Nc3ccc(O/C=C/N)cc3)nc21. The van der Waals surface area contributed by atoms with E-state index in [-0.39, 0.29) is 5.56 Å². The van der Waals surface area contributed by atoms with Crippen LogP contribution in [0, 0.1) is 0 Å². The van der Waals surface area contributed by atoms with Crippen LogP contribution in [0.2, 0.25) is 10.0 Å². The molecule has 7 nitrogen and oxygen atoms in total. The van der Waals surface area contributed by atoms with E-state index in [1.807, 2.05) is 12.1 Å². The molecule has 4 rings (SSSR count). The molecule has 9 heteroatoms. The first-order valence-corrected chi connectivity index (χ1v) is 9.95. The van der Waals surface area contributed by atoms with Gasteiger partial charge in [0.25, 0.3) is 5.56 Å². The molecule has 0 radical (unpaired) electrons. The second-order valence-electron chi connectivity index (χ2n) is 6.59. The Morgan fingerprint density at radius 3 is 2.52 bits per heavy atom. The van der Waals surface area contributed by atoms with Crippen molar-refractivity contribution in [3.8, 4) is 16.9 Å². The van der Waals surface area contributed by atoms with Gasteiger partial charge in [-0.3, -0.25) is 9.36 Å². The van der Waals surface area contributed by atoms with E-state index in [4.69, 9.17) is 33.7 Å². The maximum absolute atomic E-state index is 13.0. The number of anilines is 2. The van der Waals surface area contributed by atoms with Crippen molar-refractivity contribution in [3.63, 3.8) is 0 Å². The summed E-state index contributed by atoms with van der Waals surface area (Å²) in [5.74, 6) is 0.987. The molecule has 4 aromatic rings. The molecular weight excluding hydrogens is 437 g/mol. The lowest BCUT2D eigenvalue weighted by molar-refractivity contribution is 0.480. The van der Waals surface area contributed by atoms with E-state index in [1.54, 1.807) is 49.6 Å². The van der Waals surface area contributed by atoms with Crippen LogP contribution in [-0.4, -0.2) is 14.5 Å². The van der Waals surface area contributed by atoms with Gasteiger partial charge >= 0.3 is 0 Å². The summed E-state index contributed by atoms with van der Waals surface area (Å²) in [5, 5.41) is 4.59. The fourth-order valence-electron chi connectivity index (χ4n) is 3.10. The number of nitrogens with one attached hydrogen (secondary N) is 1. The number of pyridine rings is 1. The predicted octanol–water partition coefficient (Wildman–Crippen LogP) is 4.85. The topological polar surface area (TPSA) is 95.1 Å². The quantitative estimate of drug-likeness (QED) is 0.419. The van der Waals surface area contributed by atoms with Crippen molar-refractivity contribution in [2.75, 3.05) is 5.32 Å². The van der Waals surface area contributed by atoms with Gasteiger partial charge < -0.3 is 15.8 Å². The zero-order chi connectivity index (χ0) is 22.0. The highest BCUT2D eigenvalue weighted by Crippen LogP contribution is 2.33. The number of hydrogen-bond donors (Lipinski definition) is 2.